The molecule has 0 radical (unpaired) electrons. The summed E-state index contributed by atoms with van der Waals surface area (Å²) in [6.45, 7) is 10.8. The highest BCUT2D eigenvalue weighted by atomic mass is 16.4. The summed E-state index contributed by atoms with van der Waals surface area (Å²) in [5, 5.41) is 13.0. The molecule has 0 bridgehead atoms. The number of hydrogen-bond donors (Lipinski definition) is 2. The topological polar surface area (TPSA) is 52.6 Å². The lowest BCUT2D eigenvalue weighted by Gasteiger charge is -2.36. The molecule has 2 aliphatic rings. The van der Waals surface area contributed by atoms with E-state index in [-0.39, 0.29) is 11.3 Å². The molecule has 1 unspecified atom stereocenters. The normalized spacial score (nSPS) is 24.3. The van der Waals surface area contributed by atoms with E-state index in [0.29, 0.717) is 12.0 Å². The van der Waals surface area contributed by atoms with Gasteiger partial charge in [-0.15, -0.1) is 0 Å². The third kappa shape index (κ3) is 5.92. The van der Waals surface area contributed by atoms with Crippen LogP contribution < -0.4 is 5.32 Å². The number of piperidine rings is 1. The van der Waals surface area contributed by atoms with Gasteiger partial charge in [0.15, 0.2) is 0 Å². The van der Waals surface area contributed by atoms with Gasteiger partial charge in [0.25, 0.3) is 0 Å². The van der Waals surface area contributed by atoms with Gasteiger partial charge < -0.3 is 15.3 Å². The van der Waals surface area contributed by atoms with Crippen LogP contribution in [0.5, 0.6) is 0 Å². The van der Waals surface area contributed by atoms with Gasteiger partial charge in [-0.3, -0.25) is 4.79 Å². The molecule has 1 aliphatic heterocycles. The number of benzene rings is 1. The predicted molar refractivity (Wildman–Crippen MR) is 115 cm³/mol. The van der Waals surface area contributed by atoms with E-state index in [1.807, 2.05) is 0 Å². The molecule has 0 aromatic heterocycles. The number of likely N-dealkylation sites (tertiary alicyclic amines) is 1. The molecule has 1 heterocycles. The van der Waals surface area contributed by atoms with Gasteiger partial charge in [-0.1, -0.05) is 62.8 Å². The summed E-state index contributed by atoms with van der Waals surface area (Å²) in [4.78, 5) is 13.6. The first kappa shape index (κ1) is 21.1. The SMILES string of the molecule is CCC(=Cc1ccccc1)C1C[C@@H]1NCC(C)(C)CN1CCC(C(=O)O)CC1. The molecule has 154 valence electrons. The Labute approximate surface area is 170 Å². The van der Waals surface area contributed by atoms with E-state index in [1.54, 1.807) is 5.57 Å². The van der Waals surface area contributed by atoms with Gasteiger partial charge >= 0.3 is 5.97 Å². The lowest BCUT2D eigenvalue weighted by molar-refractivity contribution is -0.143. The van der Waals surface area contributed by atoms with Crippen LogP contribution in [0.1, 0.15) is 52.0 Å². The lowest BCUT2D eigenvalue weighted by Crippen LogP contribution is -2.45. The molecular weight excluding hydrogens is 348 g/mol. The summed E-state index contributed by atoms with van der Waals surface area (Å²) < 4.78 is 0. The molecule has 28 heavy (non-hydrogen) atoms. The van der Waals surface area contributed by atoms with Gasteiger partial charge in [-0.25, -0.2) is 0 Å². The molecule has 1 aliphatic carbocycles. The van der Waals surface area contributed by atoms with Gasteiger partial charge in [-0.05, 0) is 55.7 Å². The molecule has 1 saturated carbocycles. The molecule has 3 rings (SSSR count). The van der Waals surface area contributed by atoms with Crippen molar-refractivity contribution in [3.8, 4) is 0 Å². The van der Waals surface area contributed by atoms with Crippen LogP contribution >= 0.6 is 0 Å². The van der Waals surface area contributed by atoms with Crippen LogP contribution in [-0.4, -0.2) is 48.2 Å². The highest BCUT2D eigenvalue weighted by Gasteiger charge is 2.39. The molecule has 2 N–H and O–H groups in total. The van der Waals surface area contributed by atoms with E-state index >= 15 is 0 Å². The van der Waals surface area contributed by atoms with E-state index in [4.69, 9.17) is 5.11 Å². The molecular formula is C24H36N2O2. The van der Waals surface area contributed by atoms with E-state index < -0.39 is 5.97 Å². The first-order chi connectivity index (χ1) is 13.4. The van der Waals surface area contributed by atoms with Crippen molar-refractivity contribution >= 4 is 12.0 Å². The Hall–Kier alpha value is -1.65. The highest BCUT2D eigenvalue weighted by Crippen LogP contribution is 2.40. The standard InChI is InChI=1S/C24H36N2O2/c1-4-19(14-18-8-6-5-7-9-18)21-15-22(21)25-16-24(2,3)17-26-12-10-20(11-13-26)23(27)28/h5-9,14,20-22,25H,4,10-13,15-17H2,1-3H3,(H,27,28)/t21?,22-/m0/s1. The van der Waals surface area contributed by atoms with Crippen molar-refractivity contribution in [1.29, 1.82) is 0 Å². The van der Waals surface area contributed by atoms with Gasteiger partial charge in [0.05, 0.1) is 5.92 Å². The first-order valence-electron chi connectivity index (χ1n) is 10.8. The van der Waals surface area contributed by atoms with Crippen molar-refractivity contribution in [2.75, 3.05) is 26.2 Å². The van der Waals surface area contributed by atoms with Gasteiger partial charge in [-0.2, -0.15) is 0 Å². The van der Waals surface area contributed by atoms with E-state index in [1.165, 1.54) is 12.0 Å². The van der Waals surface area contributed by atoms with Crippen molar-refractivity contribution in [1.82, 2.24) is 10.2 Å². The van der Waals surface area contributed by atoms with Crippen LogP contribution in [0.4, 0.5) is 0 Å². The Bertz CT molecular complexity index is 675. The lowest BCUT2D eigenvalue weighted by atomic mass is 9.90. The minimum Gasteiger partial charge on any atom is -0.481 e. The van der Waals surface area contributed by atoms with E-state index in [9.17, 15) is 4.79 Å². The first-order valence-corrected chi connectivity index (χ1v) is 10.8. The van der Waals surface area contributed by atoms with Gasteiger partial charge in [0, 0.05) is 19.1 Å². The number of carboxylic acids is 1. The van der Waals surface area contributed by atoms with E-state index in [2.05, 4.69) is 67.4 Å². The predicted octanol–water partition coefficient (Wildman–Crippen LogP) is 4.28. The van der Waals surface area contributed by atoms with Crippen LogP contribution in [-0.2, 0) is 4.79 Å². The number of carbonyl (C=O) groups is 1. The molecule has 1 aromatic rings. The van der Waals surface area contributed by atoms with Gasteiger partial charge in [0.2, 0.25) is 0 Å². The molecule has 4 heteroatoms. The zero-order valence-corrected chi connectivity index (χ0v) is 17.7. The molecule has 4 nitrogen and oxygen atoms in total. The Kier molecular flexibility index (Phi) is 6.95. The van der Waals surface area contributed by atoms with Gasteiger partial charge in [0.1, 0.15) is 0 Å². The number of carboxylic acid groups (broad SMARTS) is 1. The second kappa shape index (κ2) is 9.23. The minimum atomic E-state index is -0.629. The number of nitrogens with zero attached hydrogens (tertiary/aromatic N) is 1. The molecule has 1 saturated heterocycles. The quantitative estimate of drug-likeness (QED) is 0.667. The van der Waals surface area contributed by atoms with Crippen molar-refractivity contribution in [2.45, 2.75) is 52.5 Å². The summed E-state index contributed by atoms with van der Waals surface area (Å²) in [5.74, 6) is -0.100. The summed E-state index contributed by atoms with van der Waals surface area (Å²) in [6, 6.07) is 11.2. The summed E-state index contributed by atoms with van der Waals surface area (Å²) in [5.41, 5.74) is 3.05. The minimum absolute atomic E-state index is 0.145. The Morgan fingerprint density at radius 3 is 2.54 bits per heavy atom. The fourth-order valence-electron chi connectivity index (χ4n) is 4.47. The fraction of sp³-hybridized carbons (Fsp3) is 0.625. The number of hydrogen-bond acceptors (Lipinski definition) is 3. The second-order valence-corrected chi connectivity index (χ2v) is 9.37. The van der Waals surface area contributed by atoms with Crippen LogP contribution in [0.2, 0.25) is 0 Å². The average molecular weight is 385 g/mol. The number of aliphatic carboxylic acids is 1. The molecule has 1 aromatic carbocycles. The maximum Gasteiger partial charge on any atom is 0.306 e. The largest absolute Gasteiger partial charge is 0.481 e. The summed E-state index contributed by atoms with van der Waals surface area (Å²) in [6.07, 6.45) is 6.29. The van der Waals surface area contributed by atoms with Crippen molar-refractivity contribution in [3.05, 3.63) is 41.5 Å². The Morgan fingerprint density at radius 2 is 1.93 bits per heavy atom. The maximum absolute atomic E-state index is 11.1. The van der Waals surface area contributed by atoms with Crippen LogP contribution in [0.15, 0.2) is 35.9 Å². The van der Waals surface area contributed by atoms with Crippen molar-refractivity contribution in [3.63, 3.8) is 0 Å². The number of rotatable bonds is 9. The zero-order chi connectivity index (χ0) is 20.1. The van der Waals surface area contributed by atoms with Crippen molar-refractivity contribution < 1.29 is 9.90 Å². The maximum atomic E-state index is 11.1. The third-order valence-corrected chi connectivity index (χ3v) is 6.26. The van der Waals surface area contributed by atoms with Crippen LogP contribution in [0.25, 0.3) is 6.08 Å². The Balaban J connectivity index is 1.44. The smallest absolute Gasteiger partial charge is 0.306 e. The molecule has 2 atom stereocenters. The molecule has 2 fully saturated rings. The molecule has 0 spiro atoms. The molecule has 0 amide bonds. The van der Waals surface area contributed by atoms with Crippen molar-refractivity contribution in [2.24, 2.45) is 17.3 Å². The summed E-state index contributed by atoms with van der Waals surface area (Å²) in [7, 11) is 0. The average Bonchev–Trinajstić information content (AvgIpc) is 3.45. The van der Waals surface area contributed by atoms with Crippen LogP contribution in [0.3, 0.4) is 0 Å². The fourth-order valence-corrected chi connectivity index (χ4v) is 4.47. The zero-order valence-electron chi connectivity index (χ0n) is 17.7. The third-order valence-electron chi connectivity index (χ3n) is 6.26. The Morgan fingerprint density at radius 1 is 1.25 bits per heavy atom. The monoisotopic (exact) mass is 384 g/mol. The summed E-state index contributed by atoms with van der Waals surface area (Å²) >= 11 is 0. The second-order valence-electron chi connectivity index (χ2n) is 9.37. The number of nitrogens with one attached hydrogen (secondary N) is 1. The highest BCUT2D eigenvalue weighted by molar-refractivity contribution is 5.70. The van der Waals surface area contributed by atoms with Crippen LogP contribution in [0, 0.1) is 17.3 Å². The van der Waals surface area contributed by atoms with E-state index in [0.717, 1.165) is 45.4 Å².